The first kappa shape index (κ1) is 14.9. The van der Waals surface area contributed by atoms with E-state index in [9.17, 15) is 4.39 Å². The molecule has 2 nitrogen and oxygen atoms in total. The van der Waals surface area contributed by atoms with E-state index >= 15 is 0 Å². The van der Waals surface area contributed by atoms with Gasteiger partial charge in [-0.1, -0.05) is 6.07 Å². The SMILES string of the molecule is Cl.NC1CCN(Cc2ccc(F)c(Br)c2)CC1. The fourth-order valence-corrected chi connectivity index (χ4v) is 2.43. The highest BCUT2D eigenvalue weighted by Crippen LogP contribution is 2.19. The second-order valence-corrected chi connectivity index (χ2v) is 5.22. The van der Waals surface area contributed by atoms with Crippen LogP contribution in [0.5, 0.6) is 0 Å². The van der Waals surface area contributed by atoms with Gasteiger partial charge in [0.15, 0.2) is 0 Å². The molecule has 0 amide bonds. The quantitative estimate of drug-likeness (QED) is 0.907. The molecule has 0 unspecified atom stereocenters. The zero-order valence-electron chi connectivity index (χ0n) is 9.53. The molecule has 1 aromatic carbocycles. The number of nitrogens with two attached hydrogens (primary N) is 1. The highest BCUT2D eigenvalue weighted by atomic mass is 79.9. The van der Waals surface area contributed by atoms with E-state index in [1.165, 1.54) is 6.07 Å². The number of piperidine rings is 1. The molecule has 0 saturated carbocycles. The van der Waals surface area contributed by atoms with Gasteiger partial charge in [-0.25, -0.2) is 4.39 Å². The Bertz CT molecular complexity index is 368. The second-order valence-electron chi connectivity index (χ2n) is 4.36. The molecule has 17 heavy (non-hydrogen) atoms. The Labute approximate surface area is 116 Å². The number of likely N-dealkylation sites (tertiary alicyclic amines) is 1. The fraction of sp³-hybridized carbons (Fsp3) is 0.500. The lowest BCUT2D eigenvalue weighted by molar-refractivity contribution is 0.205. The molecule has 1 heterocycles. The third kappa shape index (κ3) is 4.21. The van der Waals surface area contributed by atoms with Gasteiger partial charge in [-0.3, -0.25) is 4.90 Å². The predicted octanol–water partition coefficient (Wildman–Crippen LogP) is 2.93. The summed E-state index contributed by atoms with van der Waals surface area (Å²) < 4.78 is 13.6. The summed E-state index contributed by atoms with van der Waals surface area (Å²) in [4.78, 5) is 2.36. The van der Waals surface area contributed by atoms with Crippen molar-refractivity contribution in [3.05, 3.63) is 34.1 Å². The van der Waals surface area contributed by atoms with E-state index in [0.717, 1.165) is 38.0 Å². The van der Waals surface area contributed by atoms with E-state index in [4.69, 9.17) is 5.73 Å². The van der Waals surface area contributed by atoms with Crippen LogP contribution in [0.1, 0.15) is 18.4 Å². The maximum atomic E-state index is 13.1. The summed E-state index contributed by atoms with van der Waals surface area (Å²) in [5.74, 6) is -0.204. The zero-order chi connectivity index (χ0) is 11.5. The fourth-order valence-electron chi connectivity index (χ4n) is 2.01. The molecular weight excluding hydrogens is 307 g/mol. The van der Waals surface area contributed by atoms with E-state index < -0.39 is 0 Å². The van der Waals surface area contributed by atoms with Crippen LogP contribution in [0.15, 0.2) is 22.7 Å². The van der Waals surface area contributed by atoms with Crippen LogP contribution in [0.2, 0.25) is 0 Å². The summed E-state index contributed by atoms with van der Waals surface area (Å²) in [6, 6.07) is 5.56. The smallest absolute Gasteiger partial charge is 0.137 e. The van der Waals surface area contributed by atoms with Crippen molar-refractivity contribution in [3.8, 4) is 0 Å². The van der Waals surface area contributed by atoms with E-state index in [2.05, 4.69) is 20.8 Å². The highest BCUT2D eigenvalue weighted by molar-refractivity contribution is 9.10. The molecule has 1 aliphatic rings. The molecule has 0 aromatic heterocycles. The third-order valence-electron chi connectivity index (χ3n) is 3.02. The van der Waals surface area contributed by atoms with Gasteiger partial charge >= 0.3 is 0 Å². The number of benzene rings is 1. The van der Waals surface area contributed by atoms with Crippen molar-refractivity contribution in [3.63, 3.8) is 0 Å². The molecule has 0 radical (unpaired) electrons. The van der Waals surface area contributed by atoms with E-state index in [0.29, 0.717) is 10.5 Å². The van der Waals surface area contributed by atoms with Crippen LogP contribution in [0.25, 0.3) is 0 Å². The molecule has 5 heteroatoms. The van der Waals surface area contributed by atoms with Crippen molar-refractivity contribution < 1.29 is 4.39 Å². The van der Waals surface area contributed by atoms with Gasteiger partial charge in [0.05, 0.1) is 4.47 Å². The first-order valence-corrected chi connectivity index (χ1v) is 6.36. The van der Waals surface area contributed by atoms with E-state index in [-0.39, 0.29) is 18.2 Å². The zero-order valence-corrected chi connectivity index (χ0v) is 11.9. The average Bonchev–Trinajstić information content (AvgIpc) is 2.27. The van der Waals surface area contributed by atoms with Crippen molar-refractivity contribution in [1.82, 2.24) is 4.90 Å². The number of rotatable bonds is 2. The summed E-state index contributed by atoms with van der Waals surface area (Å²) in [5.41, 5.74) is 6.99. The minimum atomic E-state index is -0.204. The predicted molar refractivity (Wildman–Crippen MR) is 73.8 cm³/mol. The Morgan fingerprint density at radius 3 is 2.59 bits per heavy atom. The lowest BCUT2D eigenvalue weighted by Gasteiger charge is -2.30. The minimum absolute atomic E-state index is 0. The van der Waals surface area contributed by atoms with Gasteiger partial charge in [-0.2, -0.15) is 0 Å². The topological polar surface area (TPSA) is 29.3 Å². The Morgan fingerprint density at radius 1 is 1.35 bits per heavy atom. The number of halogens is 3. The summed E-state index contributed by atoms with van der Waals surface area (Å²) in [6.45, 7) is 2.96. The third-order valence-corrected chi connectivity index (χ3v) is 3.63. The van der Waals surface area contributed by atoms with Crippen LogP contribution in [-0.4, -0.2) is 24.0 Å². The van der Waals surface area contributed by atoms with Gasteiger partial charge in [0.1, 0.15) is 5.82 Å². The Balaban J connectivity index is 0.00000144. The minimum Gasteiger partial charge on any atom is -0.328 e. The Kier molecular flexibility index (Phi) is 5.86. The molecule has 1 aromatic rings. The molecule has 0 aliphatic carbocycles. The van der Waals surface area contributed by atoms with Gasteiger partial charge < -0.3 is 5.73 Å². The molecular formula is C12H17BrClFN2. The van der Waals surface area contributed by atoms with Gasteiger partial charge in [0.25, 0.3) is 0 Å². The summed E-state index contributed by atoms with van der Waals surface area (Å²) in [6.07, 6.45) is 2.12. The van der Waals surface area contributed by atoms with Gasteiger partial charge in [0.2, 0.25) is 0 Å². The normalized spacial score (nSPS) is 17.8. The molecule has 0 bridgehead atoms. The van der Waals surface area contributed by atoms with Crippen molar-refractivity contribution in [2.45, 2.75) is 25.4 Å². The largest absolute Gasteiger partial charge is 0.328 e. The molecule has 1 aliphatic heterocycles. The summed E-state index contributed by atoms with van der Waals surface area (Å²) >= 11 is 3.21. The highest BCUT2D eigenvalue weighted by Gasteiger charge is 2.16. The lowest BCUT2D eigenvalue weighted by atomic mass is 10.1. The maximum absolute atomic E-state index is 13.1. The first-order chi connectivity index (χ1) is 7.65. The van der Waals surface area contributed by atoms with Crippen LogP contribution in [-0.2, 0) is 6.54 Å². The molecule has 2 rings (SSSR count). The number of nitrogens with zero attached hydrogens (tertiary/aromatic N) is 1. The van der Waals surface area contributed by atoms with Crippen molar-refractivity contribution in [2.75, 3.05) is 13.1 Å². The summed E-state index contributed by atoms with van der Waals surface area (Å²) in [5, 5.41) is 0. The first-order valence-electron chi connectivity index (χ1n) is 5.57. The van der Waals surface area contributed by atoms with Crippen LogP contribution in [0, 0.1) is 5.82 Å². The van der Waals surface area contributed by atoms with E-state index in [1.54, 1.807) is 0 Å². The molecule has 0 atom stereocenters. The Hall–Kier alpha value is -0.160. The second kappa shape index (κ2) is 6.69. The number of hydrogen-bond acceptors (Lipinski definition) is 2. The Morgan fingerprint density at radius 2 is 2.00 bits per heavy atom. The molecule has 1 saturated heterocycles. The standard InChI is InChI=1S/C12H16BrFN2.ClH/c13-11-7-9(1-2-12(11)14)8-16-5-3-10(15)4-6-16;/h1-2,7,10H,3-6,8,15H2;1H. The maximum Gasteiger partial charge on any atom is 0.137 e. The summed E-state index contributed by atoms with van der Waals surface area (Å²) in [7, 11) is 0. The van der Waals surface area contributed by atoms with Crippen LogP contribution >= 0.6 is 28.3 Å². The van der Waals surface area contributed by atoms with Gasteiger partial charge in [-0.15, -0.1) is 12.4 Å². The van der Waals surface area contributed by atoms with Crippen molar-refractivity contribution in [1.29, 1.82) is 0 Å². The molecule has 96 valence electrons. The van der Waals surface area contributed by atoms with Crippen molar-refractivity contribution in [2.24, 2.45) is 5.73 Å². The van der Waals surface area contributed by atoms with Crippen LogP contribution in [0.3, 0.4) is 0 Å². The van der Waals surface area contributed by atoms with Crippen LogP contribution in [0.4, 0.5) is 4.39 Å². The van der Waals surface area contributed by atoms with Crippen LogP contribution < -0.4 is 5.73 Å². The number of hydrogen-bond donors (Lipinski definition) is 1. The van der Waals surface area contributed by atoms with Gasteiger partial charge in [-0.05, 0) is 59.6 Å². The average molecular weight is 324 g/mol. The lowest BCUT2D eigenvalue weighted by Crippen LogP contribution is -2.39. The molecule has 0 spiro atoms. The molecule has 2 N–H and O–H groups in total. The molecule has 1 fully saturated rings. The van der Waals surface area contributed by atoms with Gasteiger partial charge in [0, 0.05) is 12.6 Å². The monoisotopic (exact) mass is 322 g/mol. The van der Waals surface area contributed by atoms with E-state index in [1.807, 2.05) is 12.1 Å². The van der Waals surface area contributed by atoms with Crippen molar-refractivity contribution >= 4 is 28.3 Å².